The lowest BCUT2D eigenvalue weighted by atomic mass is 10.1. The highest BCUT2D eigenvalue weighted by molar-refractivity contribution is 5.92. The highest BCUT2D eigenvalue weighted by atomic mass is 16.5. The van der Waals surface area contributed by atoms with Crippen LogP contribution >= 0.6 is 0 Å². The molecule has 0 unspecified atom stereocenters. The fourth-order valence-electron chi connectivity index (χ4n) is 2.40. The number of rotatable bonds is 10. The van der Waals surface area contributed by atoms with Crippen LogP contribution in [0, 0.1) is 11.8 Å². The summed E-state index contributed by atoms with van der Waals surface area (Å²) < 4.78 is 4.70. The predicted molar refractivity (Wildman–Crippen MR) is 98.1 cm³/mol. The lowest BCUT2D eigenvalue weighted by molar-refractivity contribution is -0.120. The average molecular weight is 344 g/mol. The Kier molecular flexibility index (Phi) is 10.8. The molecular weight excluding hydrogens is 316 g/mol. The summed E-state index contributed by atoms with van der Waals surface area (Å²) in [5, 5.41) is 2.78. The van der Waals surface area contributed by atoms with Crippen molar-refractivity contribution in [2.24, 2.45) is 0 Å². The molecule has 0 aliphatic carbocycles. The number of hydrogen-bond acceptors (Lipinski definition) is 4. The van der Waals surface area contributed by atoms with E-state index in [0.29, 0.717) is 17.5 Å². The number of pyridine rings is 1. The van der Waals surface area contributed by atoms with E-state index >= 15 is 0 Å². The number of unbranched alkanes of at least 4 members (excludes halogenated alkanes) is 6. The lowest BCUT2D eigenvalue weighted by Crippen LogP contribution is -2.23. The molecule has 0 aromatic carbocycles. The van der Waals surface area contributed by atoms with Gasteiger partial charge in [0.1, 0.15) is 0 Å². The van der Waals surface area contributed by atoms with Gasteiger partial charge in [0.25, 0.3) is 0 Å². The maximum absolute atomic E-state index is 11.7. The van der Waals surface area contributed by atoms with E-state index in [1.807, 2.05) is 0 Å². The van der Waals surface area contributed by atoms with E-state index in [9.17, 15) is 9.59 Å². The van der Waals surface area contributed by atoms with E-state index < -0.39 is 5.97 Å². The van der Waals surface area contributed by atoms with Gasteiger partial charge in [0, 0.05) is 18.8 Å². The zero-order chi connectivity index (χ0) is 18.3. The summed E-state index contributed by atoms with van der Waals surface area (Å²) >= 11 is 0. The van der Waals surface area contributed by atoms with Gasteiger partial charge in [-0.25, -0.2) is 4.79 Å². The van der Waals surface area contributed by atoms with E-state index in [2.05, 4.69) is 29.1 Å². The van der Waals surface area contributed by atoms with Crippen molar-refractivity contribution in [1.29, 1.82) is 0 Å². The molecule has 0 aliphatic heterocycles. The van der Waals surface area contributed by atoms with Crippen molar-refractivity contribution in [1.82, 2.24) is 10.3 Å². The van der Waals surface area contributed by atoms with Crippen LogP contribution < -0.4 is 5.32 Å². The molecule has 136 valence electrons. The summed E-state index contributed by atoms with van der Waals surface area (Å²) in [4.78, 5) is 27.3. The molecule has 1 N–H and O–H groups in total. The number of hydrogen-bond donors (Lipinski definition) is 1. The molecule has 5 heteroatoms. The van der Waals surface area contributed by atoms with Gasteiger partial charge in [0.2, 0.25) is 5.91 Å². The molecule has 1 heterocycles. The average Bonchev–Trinajstić information content (AvgIpc) is 2.64. The molecule has 0 fully saturated rings. The number of carbonyl (C=O) groups excluding carboxylic acids is 2. The summed E-state index contributed by atoms with van der Waals surface area (Å²) in [6.45, 7) is 2.46. The number of ether oxygens (including phenoxy) is 1. The zero-order valence-corrected chi connectivity index (χ0v) is 15.3. The molecule has 25 heavy (non-hydrogen) atoms. The fourth-order valence-corrected chi connectivity index (χ4v) is 2.40. The second kappa shape index (κ2) is 13.0. The van der Waals surface area contributed by atoms with Crippen LogP contribution in [0.1, 0.15) is 74.2 Å². The summed E-state index contributed by atoms with van der Waals surface area (Å²) in [6.07, 6.45) is 11.9. The summed E-state index contributed by atoms with van der Waals surface area (Å²) in [7, 11) is 1.32. The van der Waals surface area contributed by atoms with Gasteiger partial charge in [-0.2, -0.15) is 0 Å². The van der Waals surface area contributed by atoms with Crippen molar-refractivity contribution < 1.29 is 14.3 Å². The molecule has 1 amide bonds. The maximum Gasteiger partial charge on any atom is 0.339 e. The van der Waals surface area contributed by atoms with Gasteiger partial charge in [0.05, 0.1) is 24.8 Å². The van der Waals surface area contributed by atoms with Crippen LogP contribution in [-0.2, 0) is 9.53 Å². The molecule has 1 aromatic heterocycles. The molecular formula is C20H28N2O3. The zero-order valence-electron chi connectivity index (χ0n) is 15.3. The Bertz CT molecular complexity index is 602. The Morgan fingerprint density at radius 2 is 1.88 bits per heavy atom. The van der Waals surface area contributed by atoms with Crippen LogP contribution in [0.3, 0.4) is 0 Å². The van der Waals surface area contributed by atoms with Crippen LogP contribution in [0.25, 0.3) is 0 Å². The van der Waals surface area contributed by atoms with E-state index in [1.165, 1.54) is 51.6 Å². The second-order valence-electron chi connectivity index (χ2n) is 5.86. The lowest BCUT2D eigenvalue weighted by Gasteiger charge is -2.02. The SMILES string of the molecule is CCCCCCCCCC(=O)NCC#Cc1cnccc1C(=O)OC. The van der Waals surface area contributed by atoms with Crippen LogP contribution in [-0.4, -0.2) is 30.5 Å². The molecule has 1 aromatic rings. The molecule has 0 bridgehead atoms. The van der Waals surface area contributed by atoms with Crippen molar-refractivity contribution in [3.63, 3.8) is 0 Å². The minimum absolute atomic E-state index is 0.0160. The van der Waals surface area contributed by atoms with Gasteiger partial charge in [-0.1, -0.05) is 57.3 Å². The number of aromatic nitrogens is 1. The highest BCUT2D eigenvalue weighted by Crippen LogP contribution is 2.08. The first kappa shape index (κ1) is 20.7. The van der Waals surface area contributed by atoms with Gasteiger partial charge in [-0.3, -0.25) is 9.78 Å². The van der Waals surface area contributed by atoms with Crippen LogP contribution in [0.5, 0.6) is 0 Å². The van der Waals surface area contributed by atoms with Gasteiger partial charge in [-0.15, -0.1) is 0 Å². The molecule has 0 spiro atoms. The Hall–Kier alpha value is -2.35. The normalized spacial score (nSPS) is 9.84. The quantitative estimate of drug-likeness (QED) is 0.401. The summed E-state index contributed by atoms with van der Waals surface area (Å²) in [6, 6.07) is 1.56. The van der Waals surface area contributed by atoms with Crippen molar-refractivity contribution in [3.05, 3.63) is 29.6 Å². The monoisotopic (exact) mass is 344 g/mol. The molecule has 0 atom stereocenters. The van der Waals surface area contributed by atoms with E-state index in [1.54, 1.807) is 6.07 Å². The number of methoxy groups -OCH3 is 1. The Morgan fingerprint density at radius 1 is 1.16 bits per heavy atom. The number of esters is 1. The predicted octanol–water partition coefficient (Wildman–Crippen LogP) is 3.48. The Morgan fingerprint density at radius 3 is 2.60 bits per heavy atom. The maximum atomic E-state index is 11.7. The Balaban J connectivity index is 2.26. The van der Waals surface area contributed by atoms with Crippen LogP contribution in [0.4, 0.5) is 0 Å². The minimum Gasteiger partial charge on any atom is -0.465 e. The number of amides is 1. The van der Waals surface area contributed by atoms with Crippen molar-refractivity contribution in [2.75, 3.05) is 13.7 Å². The number of carbonyl (C=O) groups is 2. The molecule has 0 saturated carbocycles. The summed E-state index contributed by atoms with van der Waals surface area (Å²) in [5.74, 6) is 5.27. The first-order chi connectivity index (χ1) is 12.2. The largest absolute Gasteiger partial charge is 0.465 e. The first-order valence-corrected chi connectivity index (χ1v) is 8.97. The van der Waals surface area contributed by atoms with E-state index in [4.69, 9.17) is 4.74 Å². The number of nitrogens with zero attached hydrogens (tertiary/aromatic N) is 1. The third-order valence-corrected chi connectivity index (χ3v) is 3.83. The molecule has 0 aliphatic rings. The van der Waals surface area contributed by atoms with Gasteiger partial charge >= 0.3 is 5.97 Å². The minimum atomic E-state index is -0.449. The highest BCUT2D eigenvalue weighted by Gasteiger charge is 2.09. The van der Waals surface area contributed by atoms with Crippen molar-refractivity contribution in [2.45, 2.75) is 58.3 Å². The van der Waals surface area contributed by atoms with Gasteiger partial charge in [0.15, 0.2) is 0 Å². The van der Waals surface area contributed by atoms with Gasteiger partial charge in [-0.05, 0) is 12.5 Å². The Labute approximate surface area is 150 Å². The van der Waals surface area contributed by atoms with Crippen LogP contribution in [0.2, 0.25) is 0 Å². The third-order valence-electron chi connectivity index (χ3n) is 3.83. The first-order valence-electron chi connectivity index (χ1n) is 8.97. The van der Waals surface area contributed by atoms with E-state index in [0.717, 1.165) is 12.8 Å². The molecule has 0 saturated heterocycles. The second-order valence-corrected chi connectivity index (χ2v) is 5.86. The van der Waals surface area contributed by atoms with E-state index in [-0.39, 0.29) is 12.5 Å². The van der Waals surface area contributed by atoms with Crippen molar-refractivity contribution in [3.8, 4) is 11.8 Å². The standard InChI is InChI=1S/C20H28N2O3/c1-3-4-5-6-7-8-9-12-19(23)22-14-10-11-17-16-21-15-13-18(17)20(24)25-2/h13,15-16H,3-9,12,14H2,1-2H3,(H,22,23). The van der Waals surface area contributed by atoms with Crippen LogP contribution in [0.15, 0.2) is 18.5 Å². The topological polar surface area (TPSA) is 68.3 Å². The van der Waals surface area contributed by atoms with Crippen molar-refractivity contribution >= 4 is 11.9 Å². The number of nitrogens with one attached hydrogen (secondary N) is 1. The molecule has 5 nitrogen and oxygen atoms in total. The summed E-state index contributed by atoms with van der Waals surface area (Å²) in [5.41, 5.74) is 0.870. The molecule has 1 rings (SSSR count). The molecule has 0 radical (unpaired) electrons. The smallest absolute Gasteiger partial charge is 0.339 e. The third kappa shape index (κ3) is 8.90. The van der Waals surface area contributed by atoms with Gasteiger partial charge < -0.3 is 10.1 Å². The fraction of sp³-hybridized carbons (Fsp3) is 0.550.